The van der Waals surface area contributed by atoms with Crippen molar-refractivity contribution in [2.24, 2.45) is 0 Å². The van der Waals surface area contributed by atoms with Gasteiger partial charge in [0.25, 0.3) is 5.91 Å². The molecule has 0 radical (unpaired) electrons. The summed E-state index contributed by atoms with van der Waals surface area (Å²) < 4.78 is 1.06. The molecular weight excluding hydrogens is 481 g/mol. The topological polar surface area (TPSA) is 145 Å². The second-order valence-electron chi connectivity index (χ2n) is 6.05. The minimum Gasteiger partial charge on any atom is -0.481 e. The van der Waals surface area contributed by atoms with E-state index in [1.54, 1.807) is 12.1 Å². The van der Waals surface area contributed by atoms with Crippen LogP contribution in [0.25, 0.3) is 0 Å². The van der Waals surface area contributed by atoms with E-state index in [1.165, 1.54) is 0 Å². The molecule has 154 valence electrons. The Balaban J connectivity index is 2.13. The molecule has 0 fully saturated rings. The molecule has 1 aromatic carbocycles. The summed E-state index contributed by atoms with van der Waals surface area (Å²) in [5.74, 6) is -2.53. The molecule has 0 aromatic heterocycles. The molecule has 0 aliphatic carbocycles. The Bertz CT molecular complexity index is 680. The molecule has 10 heteroatoms. The predicted molar refractivity (Wildman–Crippen MR) is 110 cm³/mol. The van der Waals surface area contributed by atoms with E-state index in [2.05, 4.69) is 38.5 Å². The molecule has 1 atom stereocenters. The highest BCUT2D eigenvalue weighted by molar-refractivity contribution is 14.1. The van der Waals surface area contributed by atoms with Crippen molar-refractivity contribution in [1.29, 1.82) is 0 Å². The highest BCUT2D eigenvalue weighted by atomic mass is 127. The van der Waals surface area contributed by atoms with Crippen LogP contribution in [0.2, 0.25) is 0 Å². The van der Waals surface area contributed by atoms with Gasteiger partial charge in [-0.15, -0.1) is 0 Å². The van der Waals surface area contributed by atoms with E-state index in [1.807, 2.05) is 12.1 Å². The van der Waals surface area contributed by atoms with Gasteiger partial charge in [0, 0.05) is 28.6 Å². The fraction of sp³-hybridized carbons (Fsp3) is 0.444. The Morgan fingerprint density at radius 2 is 1.54 bits per heavy atom. The predicted octanol–water partition coefficient (Wildman–Crippen LogP) is 1.81. The van der Waals surface area contributed by atoms with Crippen LogP contribution in [0.1, 0.15) is 42.5 Å². The molecule has 0 aliphatic heterocycles. The number of benzene rings is 1. The van der Waals surface area contributed by atoms with Gasteiger partial charge >= 0.3 is 18.0 Å². The number of carboxylic acids is 2. The minimum absolute atomic E-state index is 0.130. The average Bonchev–Trinajstić information content (AvgIpc) is 2.64. The van der Waals surface area contributed by atoms with E-state index < -0.39 is 24.0 Å². The van der Waals surface area contributed by atoms with Crippen molar-refractivity contribution in [2.45, 2.75) is 38.1 Å². The first-order chi connectivity index (χ1) is 13.3. The molecule has 0 saturated carbocycles. The fourth-order valence-electron chi connectivity index (χ4n) is 2.27. The lowest BCUT2D eigenvalue weighted by Crippen LogP contribution is -2.46. The van der Waals surface area contributed by atoms with Gasteiger partial charge < -0.3 is 26.2 Å². The summed E-state index contributed by atoms with van der Waals surface area (Å²) in [6, 6.07) is 5.37. The van der Waals surface area contributed by atoms with Crippen LogP contribution < -0.4 is 16.0 Å². The molecule has 0 spiro atoms. The zero-order chi connectivity index (χ0) is 20.9. The van der Waals surface area contributed by atoms with Crippen LogP contribution in [-0.4, -0.2) is 53.2 Å². The summed E-state index contributed by atoms with van der Waals surface area (Å²) in [6.07, 6.45) is 1.66. The fourth-order valence-corrected chi connectivity index (χ4v) is 2.63. The van der Waals surface area contributed by atoms with Crippen molar-refractivity contribution in [3.63, 3.8) is 0 Å². The third-order valence-corrected chi connectivity index (χ3v) is 4.50. The Kier molecular flexibility index (Phi) is 10.9. The van der Waals surface area contributed by atoms with Crippen LogP contribution in [0.4, 0.5) is 4.79 Å². The van der Waals surface area contributed by atoms with Crippen LogP contribution >= 0.6 is 22.6 Å². The SMILES string of the molecule is O=C(O)CC[C@H](NC(=O)NCCCCCNC(=O)c1ccc(I)cc1)C(=O)O. The van der Waals surface area contributed by atoms with E-state index in [-0.39, 0.29) is 18.7 Å². The maximum absolute atomic E-state index is 11.9. The Labute approximate surface area is 176 Å². The first kappa shape index (κ1) is 23.7. The Morgan fingerprint density at radius 1 is 0.929 bits per heavy atom. The molecule has 3 amide bonds. The van der Waals surface area contributed by atoms with E-state index in [4.69, 9.17) is 10.2 Å². The van der Waals surface area contributed by atoms with Crippen molar-refractivity contribution >= 4 is 46.5 Å². The number of amides is 3. The zero-order valence-electron chi connectivity index (χ0n) is 15.2. The molecule has 0 aliphatic rings. The lowest BCUT2D eigenvalue weighted by atomic mass is 10.1. The number of hydrogen-bond donors (Lipinski definition) is 5. The highest BCUT2D eigenvalue weighted by Gasteiger charge is 2.20. The normalized spacial score (nSPS) is 11.3. The van der Waals surface area contributed by atoms with Crippen LogP contribution in [0.5, 0.6) is 0 Å². The van der Waals surface area contributed by atoms with Crippen molar-refractivity contribution in [3.8, 4) is 0 Å². The largest absolute Gasteiger partial charge is 0.481 e. The molecule has 0 saturated heterocycles. The van der Waals surface area contributed by atoms with Gasteiger partial charge in [0.15, 0.2) is 0 Å². The Hall–Kier alpha value is -2.37. The van der Waals surface area contributed by atoms with Crippen LogP contribution in [0.3, 0.4) is 0 Å². The number of aliphatic carboxylic acids is 2. The lowest BCUT2D eigenvalue weighted by molar-refractivity contribution is -0.140. The van der Waals surface area contributed by atoms with Gasteiger partial charge in [0.2, 0.25) is 0 Å². The molecule has 5 N–H and O–H groups in total. The number of urea groups is 1. The van der Waals surface area contributed by atoms with Gasteiger partial charge in [0.05, 0.1) is 0 Å². The van der Waals surface area contributed by atoms with Gasteiger partial charge in [-0.05, 0) is 72.5 Å². The third-order valence-electron chi connectivity index (χ3n) is 3.78. The molecule has 0 heterocycles. The van der Waals surface area contributed by atoms with Gasteiger partial charge in [0.1, 0.15) is 6.04 Å². The van der Waals surface area contributed by atoms with Crippen LogP contribution in [-0.2, 0) is 9.59 Å². The lowest BCUT2D eigenvalue weighted by Gasteiger charge is -2.14. The second kappa shape index (κ2) is 12.9. The third kappa shape index (κ3) is 10.1. The van der Waals surface area contributed by atoms with E-state index in [0.29, 0.717) is 25.1 Å². The van der Waals surface area contributed by atoms with Crippen molar-refractivity contribution in [3.05, 3.63) is 33.4 Å². The molecule has 28 heavy (non-hydrogen) atoms. The maximum Gasteiger partial charge on any atom is 0.326 e. The van der Waals surface area contributed by atoms with Gasteiger partial charge in [-0.3, -0.25) is 9.59 Å². The highest BCUT2D eigenvalue weighted by Crippen LogP contribution is 2.06. The smallest absolute Gasteiger partial charge is 0.326 e. The summed E-state index contributed by atoms with van der Waals surface area (Å²) in [7, 11) is 0. The number of rotatable bonds is 12. The molecule has 1 aromatic rings. The molecule has 1 rings (SSSR count). The number of carbonyl (C=O) groups is 4. The number of halogens is 1. The van der Waals surface area contributed by atoms with Crippen molar-refractivity contribution < 1.29 is 29.4 Å². The van der Waals surface area contributed by atoms with Gasteiger partial charge in [-0.25, -0.2) is 9.59 Å². The summed E-state index contributed by atoms with van der Waals surface area (Å²) >= 11 is 2.17. The maximum atomic E-state index is 11.9. The number of carboxylic acid groups (broad SMARTS) is 2. The first-order valence-corrected chi connectivity index (χ1v) is 9.90. The number of hydrogen-bond acceptors (Lipinski definition) is 4. The van der Waals surface area contributed by atoms with Crippen LogP contribution in [0.15, 0.2) is 24.3 Å². The van der Waals surface area contributed by atoms with Crippen molar-refractivity contribution in [2.75, 3.05) is 13.1 Å². The van der Waals surface area contributed by atoms with Gasteiger partial charge in [-0.1, -0.05) is 0 Å². The average molecular weight is 505 g/mol. The van der Waals surface area contributed by atoms with Gasteiger partial charge in [-0.2, -0.15) is 0 Å². The summed E-state index contributed by atoms with van der Waals surface area (Å²) in [5.41, 5.74) is 0.606. The van der Waals surface area contributed by atoms with E-state index in [9.17, 15) is 19.2 Å². The monoisotopic (exact) mass is 505 g/mol. The summed E-state index contributed by atoms with van der Waals surface area (Å²) in [6.45, 7) is 0.871. The summed E-state index contributed by atoms with van der Waals surface area (Å²) in [5, 5.41) is 25.2. The number of carbonyl (C=O) groups excluding carboxylic acids is 2. The molecule has 9 nitrogen and oxygen atoms in total. The zero-order valence-corrected chi connectivity index (χ0v) is 17.4. The standard InChI is InChI=1S/C18H24IN3O6/c19-13-6-4-12(5-7-13)16(25)20-10-2-1-3-11-21-18(28)22-14(17(26)27)8-9-15(23)24/h4-7,14H,1-3,8-11H2,(H,20,25)(H,23,24)(H,26,27)(H2,21,22,28)/t14-/m0/s1. The Morgan fingerprint density at radius 3 is 2.11 bits per heavy atom. The quantitative estimate of drug-likeness (QED) is 0.217. The number of nitrogens with one attached hydrogen (secondary N) is 3. The van der Waals surface area contributed by atoms with E-state index in [0.717, 1.165) is 16.4 Å². The molecule has 0 unspecified atom stereocenters. The van der Waals surface area contributed by atoms with Crippen molar-refractivity contribution in [1.82, 2.24) is 16.0 Å². The molecular formula is C18H24IN3O6. The number of unbranched alkanes of at least 4 members (excludes halogenated alkanes) is 2. The second-order valence-corrected chi connectivity index (χ2v) is 7.29. The molecule has 0 bridgehead atoms. The minimum atomic E-state index is -1.28. The summed E-state index contributed by atoms with van der Waals surface area (Å²) in [4.78, 5) is 45.1. The first-order valence-electron chi connectivity index (χ1n) is 8.82. The van der Waals surface area contributed by atoms with E-state index >= 15 is 0 Å². The van der Waals surface area contributed by atoms with Crippen LogP contribution in [0, 0.1) is 3.57 Å².